The molecule has 1 aromatic heterocycles. The summed E-state index contributed by atoms with van der Waals surface area (Å²) in [4.78, 5) is 14.5. The number of hydrogen-bond acceptors (Lipinski definition) is 7. The number of halogens is 1. The number of amides is 1. The molecule has 2 heterocycles. The van der Waals surface area contributed by atoms with E-state index in [1.807, 2.05) is 32.9 Å². The van der Waals surface area contributed by atoms with Gasteiger partial charge in [0.2, 0.25) is 11.0 Å². The number of likely N-dealkylation sites (tertiary alicyclic amines) is 1. The van der Waals surface area contributed by atoms with Gasteiger partial charge in [0, 0.05) is 12.5 Å². The van der Waals surface area contributed by atoms with Gasteiger partial charge in [-0.15, -0.1) is 10.2 Å². The highest BCUT2D eigenvalue weighted by atomic mass is 35.5. The maximum Gasteiger partial charge on any atom is 0.240 e. The van der Waals surface area contributed by atoms with Crippen LogP contribution in [0.3, 0.4) is 0 Å². The quantitative estimate of drug-likeness (QED) is 0.663. The van der Waals surface area contributed by atoms with E-state index in [0.29, 0.717) is 35.3 Å². The summed E-state index contributed by atoms with van der Waals surface area (Å²) < 4.78 is 5.84. The molecule has 2 N–H and O–H groups in total. The molecule has 1 amide bonds. The fourth-order valence-corrected chi connectivity index (χ4v) is 4.28. The summed E-state index contributed by atoms with van der Waals surface area (Å²) in [5, 5.41) is 23.9. The predicted octanol–water partition coefficient (Wildman–Crippen LogP) is 3.86. The van der Waals surface area contributed by atoms with Gasteiger partial charge in [-0.25, -0.2) is 0 Å². The molecule has 0 spiro atoms. The van der Waals surface area contributed by atoms with E-state index in [9.17, 15) is 9.90 Å². The van der Waals surface area contributed by atoms with Crippen LogP contribution >= 0.6 is 22.9 Å². The Balaban J connectivity index is 1.49. The lowest BCUT2D eigenvalue weighted by Gasteiger charge is -2.27. The topological polar surface area (TPSA) is 87.6 Å². The van der Waals surface area contributed by atoms with Crippen LogP contribution in [-0.2, 0) is 4.79 Å². The van der Waals surface area contributed by atoms with Crippen LogP contribution in [0.25, 0.3) is 0 Å². The van der Waals surface area contributed by atoms with Crippen LogP contribution in [-0.4, -0.2) is 58.0 Å². The molecule has 1 aliphatic heterocycles. The minimum atomic E-state index is -0.941. The van der Waals surface area contributed by atoms with E-state index in [1.165, 1.54) is 11.3 Å². The molecule has 1 atom stereocenters. The smallest absolute Gasteiger partial charge is 0.240 e. The van der Waals surface area contributed by atoms with E-state index in [4.69, 9.17) is 16.3 Å². The second-order valence-electron chi connectivity index (χ2n) is 8.22. The Kier molecular flexibility index (Phi) is 7.68. The van der Waals surface area contributed by atoms with Crippen molar-refractivity contribution in [2.75, 3.05) is 31.6 Å². The van der Waals surface area contributed by atoms with Gasteiger partial charge in [0.1, 0.15) is 17.4 Å². The number of ether oxygens (including phenoxy) is 1. The van der Waals surface area contributed by atoms with Gasteiger partial charge in [-0.2, -0.15) is 0 Å². The van der Waals surface area contributed by atoms with Gasteiger partial charge in [0.15, 0.2) is 0 Å². The number of carbonyl (C=O) groups is 1. The van der Waals surface area contributed by atoms with Gasteiger partial charge in [-0.1, -0.05) is 42.9 Å². The number of aryl methyl sites for hydroxylation is 1. The molecule has 0 radical (unpaired) electrons. The first-order valence-corrected chi connectivity index (χ1v) is 11.4. The lowest BCUT2D eigenvalue weighted by molar-refractivity contribution is -0.117. The van der Waals surface area contributed by atoms with Gasteiger partial charge >= 0.3 is 0 Å². The highest BCUT2D eigenvalue weighted by Crippen LogP contribution is 2.29. The third kappa shape index (κ3) is 6.38. The van der Waals surface area contributed by atoms with Crippen molar-refractivity contribution in [2.45, 2.75) is 51.6 Å². The standard InChI is InChI=1S/C21H29ClN4O3S/c1-14(2)19-24-25-20(30-19)23-18(27)12-26-9-4-7-21(28,8-10-26)13-29-17-11-15(3)5-6-16(17)22/h5-6,11,14,28H,4,7-10,12-13H2,1-3H3,(H,23,25,27). The highest BCUT2D eigenvalue weighted by molar-refractivity contribution is 7.15. The van der Waals surface area contributed by atoms with Crippen molar-refractivity contribution < 1.29 is 14.6 Å². The van der Waals surface area contributed by atoms with Crippen molar-refractivity contribution in [2.24, 2.45) is 0 Å². The number of aliphatic hydroxyl groups is 1. The fourth-order valence-electron chi connectivity index (χ4n) is 3.35. The normalized spacial score (nSPS) is 20.2. The highest BCUT2D eigenvalue weighted by Gasteiger charge is 2.32. The fraction of sp³-hybridized carbons (Fsp3) is 0.571. The SMILES string of the molecule is Cc1ccc(Cl)c(OCC2(O)CCCN(CC(=O)Nc3nnc(C(C)C)s3)CC2)c1. The van der Waals surface area contributed by atoms with Gasteiger partial charge in [-0.05, 0) is 50.4 Å². The van der Waals surface area contributed by atoms with Crippen LogP contribution in [0, 0.1) is 6.92 Å². The molecule has 2 aromatic rings. The average molecular weight is 453 g/mol. The van der Waals surface area contributed by atoms with E-state index >= 15 is 0 Å². The third-order valence-corrected chi connectivity index (χ3v) is 6.59. The zero-order valence-corrected chi connectivity index (χ0v) is 19.2. The molecular formula is C21H29ClN4O3S. The summed E-state index contributed by atoms with van der Waals surface area (Å²) in [6.07, 6.45) is 1.92. The van der Waals surface area contributed by atoms with Crippen LogP contribution in [0.2, 0.25) is 5.02 Å². The van der Waals surface area contributed by atoms with Crippen LogP contribution in [0.5, 0.6) is 5.75 Å². The molecule has 164 valence electrons. The van der Waals surface area contributed by atoms with Gasteiger partial charge in [0.05, 0.1) is 17.2 Å². The summed E-state index contributed by atoms with van der Waals surface area (Å²) in [6, 6.07) is 5.59. The molecule has 3 rings (SSSR count). The molecule has 1 aromatic carbocycles. The molecule has 0 saturated carbocycles. The number of carbonyl (C=O) groups excluding carboxylic acids is 1. The van der Waals surface area contributed by atoms with Gasteiger partial charge in [-0.3, -0.25) is 15.0 Å². The minimum Gasteiger partial charge on any atom is -0.489 e. The number of nitrogens with one attached hydrogen (secondary N) is 1. The summed E-state index contributed by atoms with van der Waals surface area (Å²) in [5.74, 6) is 0.756. The van der Waals surface area contributed by atoms with Crippen LogP contribution in [0.15, 0.2) is 18.2 Å². The minimum absolute atomic E-state index is 0.116. The van der Waals surface area contributed by atoms with Crippen molar-refractivity contribution in [3.8, 4) is 5.75 Å². The molecule has 1 fully saturated rings. The molecule has 7 nitrogen and oxygen atoms in total. The molecule has 0 bridgehead atoms. The number of benzene rings is 1. The second-order valence-corrected chi connectivity index (χ2v) is 9.64. The molecule has 1 aliphatic rings. The van der Waals surface area contributed by atoms with E-state index < -0.39 is 5.60 Å². The zero-order valence-electron chi connectivity index (χ0n) is 17.7. The first-order valence-electron chi connectivity index (χ1n) is 10.2. The molecular weight excluding hydrogens is 424 g/mol. The number of aromatic nitrogens is 2. The monoisotopic (exact) mass is 452 g/mol. The summed E-state index contributed by atoms with van der Waals surface area (Å²) in [6.45, 7) is 7.85. The lowest BCUT2D eigenvalue weighted by Crippen LogP contribution is -2.38. The van der Waals surface area contributed by atoms with E-state index in [2.05, 4.69) is 20.4 Å². The van der Waals surface area contributed by atoms with Crippen molar-refractivity contribution in [1.29, 1.82) is 0 Å². The number of rotatable bonds is 7. The van der Waals surface area contributed by atoms with Gasteiger partial charge < -0.3 is 9.84 Å². The van der Waals surface area contributed by atoms with E-state index in [1.54, 1.807) is 6.07 Å². The second kappa shape index (κ2) is 10.0. The average Bonchev–Trinajstić information content (AvgIpc) is 3.07. The van der Waals surface area contributed by atoms with Crippen molar-refractivity contribution in [1.82, 2.24) is 15.1 Å². The van der Waals surface area contributed by atoms with Gasteiger partial charge in [0.25, 0.3) is 0 Å². The van der Waals surface area contributed by atoms with Crippen molar-refractivity contribution in [3.63, 3.8) is 0 Å². The Morgan fingerprint density at radius 1 is 1.37 bits per heavy atom. The summed E-state index contributed by atoms with van der Waals surface area (Å²) in [5.41, 5.74) is 0.111. The van der Waals surface area contributed by atoms with Crippen molar-refractivity contribution in [3.05, 3.63) is 33.8 Å². The first-order chi connectivity index (χ1) is 14.2. The first kappa shape index (κ1) is 22.9. The predicted molar refractivity (Wildman–Crippen MR) is 120 cm³/mol. The Bertz CT molecular complexity index is 876. The molecule has 30 heavy (non-hydrogen) atoms. The number of hydrogen-bond donors (Lipinski definition) is 2. The maximum atomic E-state index is 12.4. The molecule has 0 aliphatic carbocycles. The Labute approximate surface area is 186 Å². The molecule has 1 unspecified atom stereocenters. The summed E-state index contributed by atoms with van der Waals surface area (Å²) in [7, 11) is 0. The van der Waals surface area contributed by atoms with E-state index in [-0.39, 0.29) is 25.0 Å². The maximum absolute atomic E-state index is 12.4. The summed E-state index contributed by atoms with van der Waals surface area (Å²) >= 11 is 7.59. The zero-order chi connectivity index (χ0) is 21.7. The Hall–Kier alpha value is -1.74. The Morgan fingerprint density at radius 3 is 2.90 bits per heavy atom. The van der Waals surface area contributed by atoms with Crippen LogP contribution < -0.4 is 10.1 Å². The number of nitrogens with zero attached hydrogens (tertiary/aromatic N) is 3. The lowest BCUT2D eigenvalue weighted by atomic mass is 9.96. The third-order valence-electron chi connectivity index (χ3n) is 5.14. The number of anilines is 1. The Morgan fingerprint density at radius 2 is 2.17 bits per heavy atom. The van der Waals surface area contributed by atoms with Crippen molar-refractivity contribution >= 4 is 34.0 Å². The largest absolute Gasteiger partial charge is 0.489 e. The molecule has 1 saturated heterocycles. The molecule has 9 heteroatoms. The van der Waals surface area contributed by atoms with Crippen LogP contribution in [0.4, 0.5) is 5.13 Å². The van der Waals surface area contributed by atoms with Crippen LogP contribution in [0.1, 0.15) is 49.6 Å². The van der Waals surface area contributed by atoms with E-state index in [0.717, 1.165) is 23.5 Å².